The molecule has 2 aromatic rings. The third-order valence-corrected chi connectivity index (χ3v) is 2.22. The summed E-state index contributed by atoms with van der Waals surface area (Å²) in [6, 6.07) is 8.06. The second-order valence-electron chi connectivity index (χ2n) is 3.53. The summed E-state index contributed by atoms with van der Waals surface area (Å²) >= 11 is 0. The number of ether oxygens (including phenoxy) is 1. The van der Waals surface area contributed by atoms with Crippen LogP contribution >= 0.6 is 0 Å². The highest BCUT2D eigenvalue weighted by Gasteiger charge is 2.00. The van der Waals surface area contributed by atoms with Gasteiger partial charge in [0, 0.05) is 0 Å². The van der Waals surface area contributed by atoms with Crippen LogP contribution in [0.1, 0.15) is 5.56 Å². The number of benzene rings is 1. The van der Waals surface area contributed by atoms with Crippen molar-refractivity contribution in [2.24, 2.45) is 0 Å². The zero-order valence-corrected chi connectivity index (χ0v) is 9.13. The number of hydrogen-bond acceptors (Lipinski definition) is 3. The number of aliphatic hydroxyl groups excluding tert-OH is 1. The summed E-state index contributed by atoms with van der Waals surface area (Å²) < 4.78 is 6.99. The predicted octanol–water partition coefficient (Wildman–Crippen LogP) is 1.55. The van der Waals surface area contributed by atoms with E-state index in [9.17, 15) is 0 Å². The summed E-state index contributed by atoms with van der Waals surface area (Å²) in [5.74, 6) is 0.662. The van der Waals surface area contributed by atoms with E-state index >= 15 is 0 Å². The van der Waals surface area contributed by atoms with Crippen LogP contribution in [-0.2, 0) is 0 Å². The molecule has 0 aliphatic carbocycles. The first kappa shape index (κ1) is 10.7. The quantitative estimate of drug-likeness (QED) is 0.847. The molecule has 0 aliphatic rings. The molecular weight excluding hydrogens is 204 g/mol. The number of nitrogens with zero attached hydrogens (tertiary/aromatic N) is 2. The molecule has 4 nitrogen and oxygen atoms in total. The second kappa shape index (κ2) is 4.81. The highest BCUT2D eigenvalue weighted by atomic mass is 16.5. The Balaban J connectivity index is 2.15. The second-order valence-corrected chi connectivity index (χ2v) is 3.53. The molecule has 1 heterocycles. The van der Waals surface area contributed by atoms with Crippen molar-refractivity contribution >= 4 is 0 Å². The molecule has 0 spiro atoms. The van der Waals surface area contributed by atoms with Crippen LogP contribution < -0.4 is 4.74 Å². The van der Waals surface area contributed by atoms with Crippen molar-refractivity contribution in [3.05, 3.63) is 42.2 Å². The molecule has 0 fully saturated rings. The van der Waals surface area contributed by atoms with Crippen LogP contribution in [0.3, 0.4) is 0 Å². The van der Waals surface area contributed by atoms with Crippen LogP contribution in [0.25, 0.3) is 5.69 Å². The van der Waals surface area contributed by atoms with Gasteiger partial charge in [-0.1, -0.05) is 17.7 Å². The lowest BCUT2D eigenvalue weighted by atomic mass is 10.2. The molecule has 1 aromatic heterocycles. The molecular formula is C12H14N2O2. The maximum absolute atomic E-state index is 8.63. The average Bonchev–Trinajstić information content (AvgIpc) is 2.76. The number of aryl methyl sites for hydroxylation is 1. The van der Waals surface area contributed by atoms with Crippen molar-refractivity contribution in [3.8, 4) is 11.4 Å². The predicted molar refractivity (Wildman–Crippen MR) is 60.9 cm³/mol. The summed E-state index contributed by atoms with van der Waals surface area (Å²) in [6.07, 6.45) is 3.43. The Morgan fingerprint density at radius 2 is 2.06 bits per heavy atom. The molecule has 84 valence electrons. The minimum Gasteiger partial charge on any atom is -0.488 e. The normalized spacial score (nSPS) is 10.4. The number of aromatic nitrogens is 2. The minimum atomic E-state index is 0.00963. The van der Waals surface area contributed by atoms with E-state index in [0.717, 1.165) is 5.69 Å². The van der Waals surface area contributed by atoms with Gasteiger partial charge in [0.05, 0.1) is 24.7 Å². The van der Waals surface area contributed by atoms with Gasteiger partial charge in [0.1, 0.15) is 6.61 Å². The Labute approximate surface area is 94.1 Å². The van der Waals surface area contributed by atoms with Crippen molar-refractivity contribution < 1.29 is 9.84 Å². The van der Waals surface area contributed by atoms with E-state index in [-0.39, 0.29) is 6.61 Å². The van der Waals surface area contributed by atoms with Gasteiger partial charge in [-0.25, -0.2) is 4.68 Å². The van der Waals surface area contributed by atoms with Crippen LogP contribution in [0.2, 0.25) is 0 Å². The lowest BCUT2D eigenvalue weighted by Crippen LogP contribution is -2.00. The first-order valence-electron chi connectivity index (χ1n) is 5.15. The Hall–Kier alpha value is -1.81. The van der Waals surface area contributed by atoms with Gasteiger partial charge in [-0.2, -0.15) is 5.10 Å². The largest absolute Gasteiger partial charge is 0.488 e. The highest BCUT2D eigenvalue weighted by Crippen LogP contribution is 2.13. The number of rotatable bonds is 4. The van der Waals surface area contributed by atoms with E-state index in [1.54, 1.807) is 17.1 Å². The molecule has 1 aromatic carbocycles. The third-order valence-electron chi connectivity index (χ3n) is 2.22. The van der Waals surface area contributed by atoms with E-state index in [4.69, 9.17) is 9.84 Å². The van der Waals surface area contributed by atoms with Crippen molar-refractivity contribution in [2.45, 2.75) is 6.92 Å². The molecule has 0 amide bonds. The molecule has 0 saturated heterocycles. The zero-order valence-electron chi connectivity index (χ0n) is 9.13. The van der Waals surface area contributed by atoms with Crippen molar-refractivity contribution in [1.29, 1.82) is 0 Å². The number of hydrogen-bond donors (Lipinski definition) is 1. The smallest absolute Gasteiger partial charge is 0.157 e. The van der Waals surface area contributed by atoms with Gasteiger partial charge in [0.2, 0.25) is 0 Å². The molecule has 0 atom stereocenters. The molecule has 4 heteroatoms. The van der Waals surface area contributed by atoms with Crippen LogP contribution in [0.5, 0.6) is 5.75 Å². The molecule has 0 saturated carbocycles. The Kier molecular flexibility index (Phi) is 3.22. The summed E-state index contributed by atoms with van der Waals surface area (Å²) in [4.78, 5) is 0. The van der Waals surface area contributed by atoms with E-state index in [1.165, 1.54) is 5.56 Å². The fourth-order valence-corrected chi connectivity index (χ4v) is 1.38. The van der Waals surface area contributed by atoms with Crippen LogP contribution in [0, 0.1) is 6.92 Å². The van der Waals surface area contributed by atoms with Crippen LogP contribution in [0.15, 0.2) is 36.7 Å². The van der Waals surface area contributed by atoms with Gasteiger partial charge in [-0.3, -0.25) is 0 Å². The van der Waals surface area contributed by atoms with Gasteiger partial charge in [0.15, 0.2) is 5.75 Å². The van der Waals surface area contributed by atoms with E-state index in [1.807, 2.05) is 31.2 Å². The molecule has 0 radical (unpaired) electrons. The number of aliphatic hydroxyl groups is 1. The molecule has 0 bridgehead atoms. The Bertz CT molecular complexity index is 448. The molecule has 0 unspecified atom stereocenters. The third kappa shape index (κ3) is 2.41. The Morgan fingerprint density at radius 1 is 1.31 bits per heavy atom. The fourth-order valence-electron chi connectivity index (χ4n) is 1.38. The summed E-state index contributed by atoms with van der Waals surface area (Å²) in [7, 11) is 0. The van der Waals surface area contributed by atoms with E-state index in [0.29, 0.717) is 12.4 Å². The van der Waals surface area contributed by atoms with Crippen molar-refractivity contribution in [1.82, 2.24) is 9.78 Å². The molecule has 16 heavy (non-hydrogen) atoms. The monoisotopic (exact) mass is 218 g/mol. The van der Waals surface area contributed by atoms with Gasteiger partial charge >= 0.3 is 0 Å². The lowest BCUT2D eigenvalue weighted by molar-refractivity contribution is 0.201. The van der Waals surface area contributed by atoms with Gasteiger partial charge in [-0.05, 0) is 19.1 Å². The minimum absolute atomic E-state index is 0.00963. The first-order chi connectivity index (χ1) is 7.79. The van der Waals surface area contributed by atoms with Crippen LogP contribution in [-0.4, -0.2) is 28.1 Å². The maximum atomic E-state index is 8.63. The standard InChI is InChI=1S/C12H14N2O2/c1-10-2-4-11(5-3-10)14-9-12(8-13-14)16-7-6-15/h2-5,8-9,15H,6-7H2,1H3. The van der Waals surface area contributed by atoms with Crippen molar-refractivity contribution in [2.75, 3.05) is 13.2 Å². The summed E-state index contributed by atoms with van der Waals surface area (Å²) in [5, 5.41) is 12.8. The van der Waals surface area contributed by atoms with Gasteiger partial charge in [0.25, 0.3) is 0 Å². The SMILES string of the molecule is Cc1ccc(-n2cc(OCCO)cn2)cc1. The van der Waals surface area contributed by atoms with Crippen LogP contribution in [0.4, 0.5) is 0 Å². The summed E-state index contributed by atoms with van der Waals surface area (Å²) in [5.41, 5.74) is 2.21. The fraction of sp³-hybridized carbons (Fsp3) is 0.250. The lowest BCUT2D eigenvalue weighted by Gasteiger charge is -2.01. The zero-order chi connectivity index (χ0) is 11.4. The van der Waals surface area contributed by atoms with Gasteiger partial charge < -0.3 is 9.84 Å². The molecule has 1 N–H and O–H groups in total. The maximum Gasteiger partial charge on any atom is 0.157 e. The van der Waals surface area contributed by atoms with Gasteiger partial charge in [-0.15, -0.1) is 0 Å². The average molecular weight is 218 g/mol. The molecule has 0 aliphatic heterocycles. The highest BCUT2D eigenvalue weighted by molar-refractivity contribution is 5.34. The van der Waals surface area contributed by atoms with E-state index < -0.39 is 0 Å². The Morgan fingerprint density at radius 3 is 2.75 bits per heavy atom. The topological polar surface area (TPSA) is 47.3 Å². The molecule has 2 rings (SSSR count). The summed E-state index contributed by atoms with van der Waals surface area (Å²) in [6.45, 7) is 2.35. The van der Waals surface area contributed by atoms with E-state index in [2.05, 4.69) is 5.10 Å². The first-order valence-corrected chi connectivity index (χ1v) is 5.15. The van der Waals surface area contributed by atoms with Crippen molar-refractivity contribution in [3.63, 3.8) is 0 Å².